The Kier molecular flexibility index (Phi) is 4.62. The average Bonchev–Trinajstić information content (AvgIpc) is 3.31. The molecule has 27 heavy (non-hydrogen) atoms. The molecule has 1 fully saturated rings. The van der Waals surface area contributed by atoms with E-state index in [2.05, 4.69) is 34.4 Å². The van der Waals surface area contributed by atoms with Crippen LogP contribution in [0.3, 0.4) is 0 Å². The molecule has 2 aromatic carbocycles. The highest BCUT2D eigenvalue weighted by Gasteiger charge is 2.36. The number of carbonyl (C=O) groups excluding carboxylic acids is 1. The number of rotatable bonds is 5. The molecule has 0 radical (unpaired) electrons. The number of carbonyl (C=O) groups is 1. The molecule has 0 bridgehead atoms. The number of likely N-dealkylation sites (tertiary alicyclic amines) is 1. The molecule has 1 amide bonds. The maximum atomic E-state index is 12.4. The summed E-state index contributed by atoms with van der Waals surface area (Å²) in [4.78, 5) is 18.8. The smallest absolute Gasteiger partial charge is 0.249 e. The molecule has 1 aliphatic heterocycles. The van der Waals surface area contributed by atoms with Crippen molar-refractivity contribution in [2.75, 3.05) is 7.11 Å². The molecule has 2 heterocycles. The highest BCUT2D eigenvalue weighted by molar-refractivity contribution is 5.78. The predicted molar refractivity (Wildman–Crippen MR) is 100.0 cm³/mol. The van der Waals surface area contributed by atoms with Gasteiger partial charge in [-0.25, -0.2) is 0 Å². The maximum Gasteiger partial charge on any atom is 0.249 e. The van der Waals surface area contributed by atoms with Gasteiger partial charge >= 0.3 is 0 Å². The molecule has 6 heteroatoms. The number of nitrogens with zero attached hydrogens (tertiary/aromatic N) is 3. The minimum Gasteiger partial charge on any atom is -0.497 e. The van der Waals surface area contributed by atoms with E-state index in [9.17, 15) is 4.79 Å². The normalized spacial score (nSPS) is 16.7. The van der Waals surface area contributed by atoms with Crippen molar-refractivity contribution in [3.63, 3.8) is 0 Å². The van der Waals surface area contributed by atoms with Crippen LogP contribution in [-0.4, -0.2) is 28.1 Å². The summed E-state index contributed by atoms with van der Waals surface area (Å²) in [5, 5.41) is 4.10. The standard InChI is InChI=1S/C21H21N3O3/c1-14-3-5-15(6-4-14)13-24-18(11-12-19(24)25)21-22-20(23-27-21)16-7-9-17(26-2)10-8-16/h3-10,18H,11-13H2,1-2H3. The van der Waals surface area contributed by atoms with Crippen LogP contribution < -0.4 is 4.74 Å². The quantitative estimate of drug-likeness (QED) is 0.687. The van der Waals surface area contributed by atoms with E-state index in [1.807, 2.05) is 36.1 Å². The lowest BCUT2D eigenvalue weighted by Gasteiger charge is -2.22. The van der Waals surface area contributed by atoms with Crippen molar-refractivity contribution in [1.82, 2.24) is 15.0 Å². The largest absolute Gasteiger partial charge is 0.497 e. The van der Waals surface area contributed by atoms with Gasteiger partial charge in [0.25, 0.3) is 0 Å². The molecule has 138 valence electrons. The van der Waals surface area contributed by atoms with Crippen molar-refractivity contribution in [2.45, 2.75) is 32.4 Å². The summed E-state index contributed by atoms with van der Waals surface area (Å²) in [6, 6.07) is 15.5. The summed E-state index contributed by atoms with van der Waals surface area (Å²) in [5.74, 6) is 1.89. The fourth-order valence-corrected chi connectivity index (χ4v) is 3.31. The number of hydrogen-bond donors (Lipinski definition) is 0. The zero-order chi connectivity index (χ0) is 18.8. The van der Waals surface area contributed by atoms with Gasteiger partial charge in [0.1, 0.15) is 11.8 Å². The highest BCUT2D eigenvalue weighted by Crippen LogP contribution is 2.34. The summed E-state index contributed by atoms with van der Waals surface area (Å²) in [6.45, 7) is 2.59. The van der Waals surface area contributed by atoms with Gasteiger partial charge < -0.3 is 14.2 Å². The molecule has 1 aliphatic rings. The second kappa shape index (κ2) is 7.23. The maximum absolute atomic E-state index is 12.4. The van der Waals surface area contributed by atoms with Crippen LogP contribution in [0.1, 0.15) is 35.9 Å². The number of hydrogen-bond acceptors (Lipinski definition) is 5. The van der Waals surface area contributed by atoms with Crippen LogP contribution >= 0.6 is 0 Å². The van der Waals surface area contributed by atoms with Crippen molar-refractivity contribution < 1.29 is 14.1 Å². The minimum absolute atomic E-state index is 0.116. The second-order valence-electron chi connectivity index (χ2n) is 6.75. The molecular formula is C21H21N3O3. The van der Waals surface area contributed by atoms with E-state index in [1.54, 1.807) is 7.11 Å². The highest BCUT2D eigenvalue weighted by atomic mass is 16.5. The van der Waals surface area contributed by atoms with E-state index in [0.29, 0.717) is 31.1 Å². The van der Waals surface area contributed by atoms with Gasteiger partial charge in [-0.3, -0.25) is 4.79 Å². The molecule has 1 unspecified atom stereocenters. The zero-order valence-corrected chi connectivity index (χ0v) is 15.4. The lowest BCUT2D eigenvalue weighted by atomic mass is 10.1. The van der Waals surface area contributed by atoms with Crippen LogP contribution in [0.5, 0.6) is 5.75 Å². The molecule has 1 atom stereocenters. The number of benzene rings is 2. The lowest BCUT2D eigenvalue weighted by molar-refractivity contribution is -0.129. The molecule has 1 saturated heterocycles. The molecule has 4 rings (SSSR count). The van der Waals surface area contributed by atoms with Crippen molar-refractivity contribution in [1.29, 1.82) is 0 Å². The van der Waals surface area contributed by atoms with E-state index >= 15 is 0 Å². The topological polar surface area (TPSA) is 68.5 Å². The third-order valence-corrected chi connectivity index (χ3v) is 4.88. The van der Waals surface area contributed by atoms with Crippen LogP contribution in [0.2, 0.25) is 0 Å². The number of amides is 1. The first-order valence-electron chi connectivity index (χ1n) is 8.97. The Labute approximate surface area is 157 Å². The van der Waals surface area contributed by atoms with Crippen LogP contribution in [0, 0.1) is 6.92 Å². The molecule has 1 aromatic heterocycles. The summed E-state index contributed by atoms with van der Waals surface area (Å²) in [7, 11) is 1.63. The molecule has 0 spiro atoms. The van der Waals surface area contributed by atoms with Gasteiger partial charge in [0.05, 0.1) is 7.11 Å². The van der Waals surface area contributed by atoms with Gasteiger partial charge in [-0.15, -0.1) is 0 Å². The van der Waals surface area contributed by atoms with Crippen molar-refractivity contribution >= 4 is 5.91 Å². The molecule has 0 saturated carbocycles. The second-order valence-corrected chi connectivity index (χ2v) is 6.75. The summed E-state index contributed by atoms with van der Waals surface area (Å²) in [6.07, 6.45) is 1.19. The Morgan fingerprint density at radius 2 is 1.89 bits per heavy atom. The van der Waals surface area contributed by atoms with Crippen molar-refractivity contribution in [3.05, 3.63) is 65.5 Å². The Morgan fingerprint density at radius 3 is 2.59 bits per heavy atom. The number of aryl methyl sites for hydroxylation is 1. The van der Waals surface area contributed by atoms with Gasteiger partial charge in [-0.1, -0.05) is 35.0 Å². The van der Waals surface area contributed by atoms with Crippen molar-refractivity contribution in [2.24, 2.45) is 0 Å². The van der Waals surface area contributed by atoms with Crippen LogP contribution in [-0.2, 0) is 11.3 Å². The molecule has 6 nitrogen and oxygen atoms in total. The Morgan fingerprint density at radius 1 is 1.15 bits per heavy atom. The van der Waals surface area contributed by atoms with Gasteiger partial charge in [-0.05, 0) is 43.2 Å². The first-order chi connectivity index (χ1) is 13.1. The monoisotopic (exact) mass is 363 g/mol. The van der Waals surface area contributed by atoms with E-state index in [4.69, 9.17) is 9.26 Å². The SMILES string of the molecule is COc1ccc(-c2noc(C3CCC(=O)N3Cc3ccc(C)cc3)n2)cc1. The molecule has 0 aliphatic carbocycles. The van der Waals surface area contributed by atoms with E-state index in [1.165, 1.54) is 5.56 Å². The lowest BCUT2D eigenvalue weighted by Crippen LogP contribution is -2.27. The van der Waals surface area contributed by atoms with Gasteiger partial charge in [-0.2, -0.15) is 4.98 Å². The number of ether oxygens (including phenoxy) is 1. The zero-order valence-electron chi connectivity index (χ0n) is 15.4. The third-order valence-electron chi connectivity index (χ3n) is 4.88. The van der Waals surface area contributed by atoms with Crippen LogP contribution in [0.4, 0.5) is 0 Å². The predicted octanol–water partition coefficient (Wildman–Crippen LogP) is 3.92. The summed E-state index contributed by atoms with van der Waals surface area (Å²) >= 11 is 0. The van der Waals surface area contributed by atoms with E-state index in [-0.39, 0.29) is 11.9 Å². The Bertz CT molecular complexity index is 932. The summed E-state index contributed by atoms with van der Waals surface area (Å²) in [5.41, 5.74) is 3.14. The third kappa shape index (κ3) is 3.56. The molecule has 0 N–H and O–H groups in total. The number of methoxy groups -OCH3 is 1. The van der Waals surface area contributed by atoms with Crippen LogP contribution in [0.25, 0.3) is 11.4 Å². The van der Waals surface area contributed by atoms with Gasteiger partial charge in [0, 0.05) is 18.5 Å². The van der Waals surface area contributed by atoms with E-state index < -0.39 is 0 Å². The molecule has 3 aromatic rings. The fourth-order valence-electron chi connectivity index (χ4n) is 3.31. The first-order valence-corrected chi connectivity index (χ1v) is 8.97. The Balaban J connectivity index is 1.55. The minimum atomic E-state index is -0.182. The average molecular weight is 363 g/mol. The first kappa shape index (κ1) is 17.3. The van der Waals surface area contributed by atoms with Crippen molar-refractivity contribution in [3.8, 4) is 17.1 Å². The van der Waals surface area contributed by atoms with E-state index in [0.717, 1.165) is 16.9 Å². The Hall–Kier alpha value is -3.15. The molecular weight excluding hydrogens is 342 g/mol. The van der Waals surface area contributed by atoms with Crippen LogP contribution in [0.15, 0.2) is 53.1 Å². The number of aromatic nitrogens is 2. The fraction of sp³-hybridized carbons (Fsp3) is 0.286. The van der Waals surface area contributed by atoms with Gasteiger partial charge in [0.15, 0.2) is 0 Å². The van der Waals surface area contributed by atoms with Gasteiger partial charge in [0.2, 0.25) is 17.6 Å². The summed E-state index contributed by atoms with van der Waals surface area (Å²) < 4.78 is 10.7.